The van der Waals surface area contributed by atoms with Crippen LogP contribution in [0.15, 0.2) is 12.3 Å². The van der Waals surface area contributed by atoms with Crippen molar-refractivity contribution in [3.63, 3.8) is 0 Å². The molecule has 2 N–H and O–H groups in total. The third-order valence-corrected chi connectivity index (χ3v) is 3.76. The van der Waals surface area contributed by atoms with Crippen LogP contribution in [0.4, 0.5) is 5.82 Å². The first-order chi connectivity index (χ1) is 9.95. The Bertz CT molecular complexity index is 465. The Morgan fingerprint density at radius 2 is 2.14 bits per heavy atom. The summed E-state index contributed by atoms with van der Waals surface area (Å²) < 4.78 is 0. The zero-order chi connectivity index (χ0) is 15.8. The van der Waals surface area contributed by atoms with E-state index in [0.29, 0.717) is 29.0 Å². The van der Waals surface area contributed by atoms with Gasteiger partial charge in [0.25, 0.3) is 5.91 Å². The molecule has 6 heteroatoms. The van der Waals surface area contributed by atoms with Gasteiger partial charge < -0.3 is 15.5 Å². The molecule has 0 spiro atoms. The summed E-state index contributed by atoms with van der Waals surface area (Å²) in [5, 5.41) is 6.16. The van der Waals surface area contributed by atoms with Crippen molar-refractivity contribution in [2.24, 2.45) is 0 Å². The van der Waals surface area contributed by atoms with Crippen LogP contribution in [0.2, 0.25) is 5.02 Å². The van der Waals surface area contributed by atoms with Crippen LogP contribution in [-0.4, -0.2) is 49.0 Å². The fraction of sp³-hybridized carbons (Fsp3) is 0.600. The fourth-order valence-corrected chi connectivity index (χ4v) is 1.98. The molecule has 0 saturated heterocycles. The maximum Gasteiger partial charge on any atom is 0.252 e. The zero-order valence-electron chi connectivity index (χ0n) is 13.2. The van der Waals surface area contributed by atoms with Crippen molar-refractivity contribution in [1.29, 1.82) is 0 Å². The highest BCUT2D eigenvalue weighted by Gasteiger charge is 2.11. The van der Waals surface area contributed by atoms with Gasteiger partial charge >= 0.3 is 0 Å². The minimum atomic E-state index is -0.156. The van der Waals surface area contributed by atoms with Gasteiger partial charge in [0.15, 0.2) is 0 Å². The number of hydrogen-bond acceptors (Lipinski definition) is 4. The number of rotatable bonds is 8. The molecule has 1 rings (SSSR count). The summed E-state index contributed by atoms with van der Waals surface area (Å²) in [6, 6.07) is 2.21. The lowest BCUT2D eigenvalue weighted by atomic mass is 10.2. The monoisotopic (exact) mass is 312 g/mol. The summed E-state index contributed by atoms with van der Waals surface area (Å²) in [5.74, 6) is 0.472. The summed E-state index contributed by atoms with van der Waals surface area (Å²) in [4.78, 5) is 18.4. The molecule has 5 nitrogen and oxygen atoms in total. The number of hydrogen-bond donors (Lipinski definition) is 2. The Morgan fingerprint density at radius 1 is 1.43 bits per heavy atom. The largest absolute Gasteiger partial charge is 0.373 e. The molecule has 118 valence electrons. The Kier molecular flexibility index (Phi) is 7.47. The molecule has 0 saturated carbocycles. The van der Waals surface area contributed by atoms with E-state index in [-0.39, 0.29) is 5.91 Å². The maximum absolute atomic E-state index is 12.1. The molecule has 0 radical (unpaired) electrons. The Labute approximate surface area is 132 Å². The summed E-state index contributed by atoms with van der Waals surface area (Å²) in [6.45, 7) is 6.03. The van der Waals surface area contributed by atoms with Gasteiger partial charge in [-0.1, -0.05) is 11.6 Å². The van der Waals surface area contributed by atoms with Gasteiger partial charge in [0.1, 0.15) is 5.82 Å². The number of nitrogens with one attached hydrogen (secondary N) is 2. The molecule has 0 aliphatic rings. The molecule has 1 amide bonds. The summed E-state index contributed by atoms with van der Waals surface area (Å²) in [5.41, 5.74) is 0.454. The highest BCUT2D eigenvalue weighted by atomic mass is 35.5. The van der Waals surface area contributed by atoms with E-state index in [1.54, 1.807) is 13.1 Å². The van der Waals surface area contributed by atoms with E-state index < -0.39 is 0 Å². The van der Waals surface area contributed by atoms with Crippen LogP contribution in [0.3, 0.4) is 0 Å². The van der Waals surface area contributed by atoms with Crippen LogP contribution in [0, 0.1) is 0 Å². The number of amides is 1. The van der Waals surface area contributed by atoms with Gasteiger partial charge in [-0.15, -0.1) is 0 Å². The van der Waals surface area contributed by atoms with Crippen LogP contribution in [-0.2, 0) is 0 Å². The molecule has 0 atom stereocenters. The molecule has 1 aromatic rings. The third-order valence-electron chi connectivity index (χ3n) is 3.46. The minimum absolute atomic E-state index is 0.156. The van der Waals surface area contributed by atoms with Crippen molar-refractivity contribution in [3.8, 4) is 0 Å². The van der Waals surface area contributed by atoms with Crippen LogP contribution >= 0.6 is 11.6 Å². The van der Waals surface area contributed by atoms with Crippen LogP contribution in [0.5, 0.6) is 0 Å². The van der Waals surface area contributed by atoms with Gasteiger partial charge in [-0.05, 0) is 46.3 Å². The van der Waals surface area contributed by atoms with Gasteiger partial charge in [0.05, 0.1) is 10.6 Å². The zero-order valence-corrected chi connectivity index (χ0v) is 14.0. The molecule has 0 aliphatic carbocycles. The molecule has 1 heterocycles. The SMILES string of the molecule is CNc1cc(C(=O)NCCCCN(C)C(C)C)c(Cl)cn1. The smallest absolute Gasteiger partial charge is 0.252 e. The van der Waals surface area contributed by atoms with Gasteiger partial charge in [-0.3, -0.25) is 4.79 Å². The molecule has 0 bridgehead atoms. The van der Waals surface area contributed by atoms with E-state index in [9.17, 15) is 4.79 Å². The molecule has 0 aromatic carbocycles. The Balaban J connectivity index is 2.37. The number of halogens is 1. The quantitative estimate of drug-likeness (QED) is 0.725. The number of carbonyl (C=O) groups excluding carboxylic acids is 1. The average Bonchev–Trinajstić information content (AvgIpc) is 2.46. The standard InChI is InChI=1S/C15H25ClN4O/c1-11(2)20(4)8-6-5-7-18-15(21)12-9-14(17-3)19-10-13(12)16/h9-11H,5-8H2,1-4H3,(H,17,19)(H,18,21). The molecule has 0 unspecified atom stereocenters. The molecular weight excluding hydrogens is 288 g/mol. The second kappa shape index (κ2) is 8.85. The molecular formula is C15H25ClN4O. The lowest BCUT2D eigenvalue weighted by molar-refractivity contribution is 0.0952. The number of carbonyl (C=O) groups is 1. The summed E-state index contributed by atoms with van der Waals surface area (Å²) >= 11 is 6.01. The summed E-state index contributed by atoms with van der Waals surface area (Å²) in [6.07, 6.45) is 3.49. The van der Waals surface area contributed by atoms with Crippen LogP contribution in [0.25, 0.3) is 0 Å². The highest BCUT2D eigenvalue weighted by molar-refractivity contribution is 6.33. The lowest BCUT2D eigenvalue weighted by Crippen LogP contribution is -2.29. The van der Waals surface area contributed by atoms with Crippen molar-refractivity contribution in [2.75, 3.05) is 32.5 Å². The van der Waals surface area contributed by atoms with Crippen molar-refractivity contribution < 1.29 is 4.79 Å². The molecule has 21 heavy (non-hydrogen) atoms. The predicted octanol–water partition coefficient (Wildman–Crippen LogP) is 2.63. The number of unbranched alkanes of at least 4 members (excludes halogenated alkanes) is 1. The minimum Gasteiger partial charge on any atom is -0.373 e. The average molecular weight is 313 g/mol. The first-order valence-electron chi connectivity index (χ1n) is 7.27. The van der Waals surface area contributed by atoms with E-state index in [4.69, 9.17) is 11.6 Å². The van der Waals surface area contributed by atoms with E-state index in [2.05, 4.69) is 41.4 Å². The van der Waals surface area contributed by atoms with Gasteiger partial charge in [0, 0.05) is 25.8 Å². The van der Waals surface area contributed by atoms with E-state index in [1.165, 1.54) is 6.20 Å². The highest BCUT2D eigenvalue weighted by Crippen LogP contribution is 2.17. The fourth-order valence-electron chi connectivity index (χ4n) is 1.79. The van der Waals surface area contributed by atoms with Crippen LogP contribution < -0.4 is 10.6 Å². The van der Waals surface area contributed by atoms with Crippen LogP contribution in [0.1, 0.15) is 37.0 Å². The maximum atomic E-state index is 12.1. The molecule has 0 fully saturated rings. The second-order valence-electron chi connectivity index (χ2n) is 5.34. The van der Waals surface area contributed by atoms with Crippen molar-refractivity contribution in [3.05, 3.63) is 22.8 Å². The van der Waals surface area contributed by atoms with Crippen molar-refractivity contribution in [1.82, 2.24) is 15.2 Å². The second-order valence-corrected chi connectivity index (χ2v) is 5.74. The van der Waals surface area contributed by atoms with E-state index in [0.717, 1.165) is 19.4 Å². The van der Waals surface area contributed by atoms with E-state index in [1.807, 2.05) is 0 Å². The predicted molar refractivity (Wildman–Crippen MR) is 88.1 cm³/mol. The number of nitrogens with zero attached hydrogens (tertiary/aromatic N) is 2. The lowest BCUT2D eigenvalue weighted by Gasteiger charge is -2.20. The van der Waals surface area contributed by atoms with Gasteiger partial charge in [-0.2, -0.15) is 0 Å². The van der Waals surface area contributed by atoms with E-state index >= 15 is 0 Å². The molecule has 0 aliphatic heterocycles. The Hall–Kier alpha value is -1.33. The number of aromatic nitrogens is 1. The van der Waals surface area contributed by atoms with Gasteiger partial charge in [0.2, 0.25) is 0 Å². The number of pyridine rings is 1. The summed E-state index contributed by atoms with van der Waals surface area (Å²) in [7, 11) is 3.86. The first-order valence-corrected chi connectivity index (χ1v) is 7.65. The van der Waals surface area contributed by atoms with Gasteiger partial charge in [-0.25, -0.2) is 4.98 Å². The van der Waals surface area contributed by atoms with Crippen molar-refractivity contribution in [2.45, 2.75) is 32.7 Å². The third kappa shape index (κ3) is 5.89. The first kappa shape index (κ1) is 17.7. The topological polar surface area (TPSA) is 57.3 Å². The number of anilines is 1. The molecule has 1 aromatic heterocycles. The Morgan fingerprint density at radius 3 is 2.76 bits per heavy atom. The normalized spacial score (nSPS) is 11.0. The van der Waals surface area contributed by atoms with Crippen molar-refractivity contribution >= 4 is 23.3 Å².